The van der Waals surface area contributed by atoms with E-state index in [1.807, 2.05) is 30.1 Å². The number of nitrogens with two attached hydrogens (primary N) is 1. The Morgan fingerprint density at radius 1 is 1.41 bits per heavy atom. The molecule has 0 bridgehead atoms. The van der Waals surface area contributed by atoms with Crippen LogP contribution in [0.2, 0.25) is 0 Å². The summed E-state index contributed by atoms with van der Waals surface area (Å²) in [5, 5.41) is 8.96. The molecular weight excluding hydrogens is 220 g/mol. The van der Waals surface area contributed by atoms with E-state index in [4.69, 9.17) is 20.3 Å². The van der Waals surface area contributed by atoms with Gasteiger partial charge in [-0.05, 0) is 24.7 Å². The zero-order valence-electron chi connectivity index (χ0n) is 9.93. The first-order valence-corrected chi connectivity index (χ1v) is 5.67. The summed E-state index contributed by atoms with van der Waals surface area (Å²) < 4.78 is 10.6. The van der Waals surface area contributed by atoms with Gasteiger partial charge in [0.05, 0.1) is 6.61 Å². The zero-order chi connectivity index (χ0) is 12.3. The second-order valence-electron chi connectivity index (χ2n) is 4.07. The SMILES string of the molecule is CN(CCO)C(CN)c1ccc2c(c1)OCO2. The van der Waals surface area contributed by atoms with Crippen molar-refractivity contribution in [2.45, 2.75) is 6.04 Å². The van der Waals surface area contributed by atoms with Crippen molar-refractivity contribution < 1.29 is 14.6 Å². The molecule has 0 fully saturated rings. The Morgan fingerprint density at radius 2 is 2.18 bits per heavy atom. The van der Waals surface area contributed by atoms with E-state index >= 15 is 0 Å². The van der Waals surface area contributed by atoms with Gasteiger partial charge in [0.2, 0.25) is 6.79 Å². The molecule has 0 amide bonds. The first kappa shape index (κ1) is 12.2. The number of rotatable bonds is 5. The predicted molar refractivity (Wildman–Crippen MR) is 64.1 cm³/mol. The van der Waals surface area contributed by atoms with E-state index in [-0.39, 0.29) is 19.4 Å². The molecule has 17 heavy (non-hydrogen) atoms. The van der Waals surface area contributed by atoms with Crippen molar-refractivity contribution >= 4 is 0 Å². The summed E-state index contributed by atoms with van der Waals surface area (Å²) in [6.07, 6.45) is 0. The van der Waals surface area contributed by atoms with E-state index in [1.165, 1.54) is 0 Å². The lowest BCUT2D eigenvalue weighted by Gasteiger charge is -2.26. The second-order valence-corrected chi connectivity index (χ2v) is 4.07. The molecule has 1 aromatic carbocycles. The van der Waals surface area contributed by atoms with Crippen LogP contribution in [0.15, 0.2) is 18.2 Å². The standard InChI is InChI=1S/C12H18N2O3/c1-14(4-5-15)10(7-13)9-2-3-11-12(6-9)17-8-16-11/h2-3,6,10,15H,4-5,7-8,13H2,1H3. The third kappa shape index (κ3) is 2.52. The number of ether oxygens (including phenoxy) is 2. The van der Waals surface area contributed by atoms with Gasteiger partial charge in [-0.15, -0.1) is 0 Å². The Labute approximate surface area is 101 Å². The maximum atomic E-state index is 8.96. The Bertz CT molecular complexity index is 384. The number of hydrogen-bond donors (Lipinski definition) is 2. The summed E-state index contributed by atoms with van der Waals surface area (Å²) in [7, 11) is 1.94. The fourth-order valence-electron chi connectivity index (χ4n) is 2.00. The molecule has 0 radical (unpaired) electrons. The highest BCUT2D eigenvalue weighted by atomic mass is 16.7. The molecule has 1 aliphatic rings. The number of aliphatic hydroxyl groups is 1. The number of benzene rings is 1. The Kier molecular flexibility index (Phi) is 3.83. The highest BCUT2D eigenvalue weighted by Gasteiger charge is 2.19. The van der Waals surface area contributed by atoms with Crippen LogP contribution >= 0.6 is 0 Å². The molecule has 5 nitrogen and oxygen atoms in total. The monoisotopic (exact) mass is 238 g/mol. The van der Waals surface area contributed by atoms with Crippen LogP contribution in [-0.2, 0) is 0 Å². The van der Waals surface area contributed by atoms with Gasteiger partial charge in [0.15, 0.2) is 11.5 Å². The van der Waals surface area contributed by atoms with Gasteiger partial charge in [0.25, 0.3) is 0 Å². The van der Waals surface area contributed by atoms with Gasteiger partial charge in [-0.1, -0.05) is 6.07 Å². The lowest BCUT2D eigenvalue weighted by Crippen LogP contribution is -2.32. The molecule has 94 valence electrons. The van der Waals surface area contributed by atoms with Crippen molar-refractivity contribution in [2.24, 2.45) is 5.73 Å². The molecular formula is C12H18N2O3. The first-order chi connectivity index (χ1) is 8.26. The minimum atomic E-state index is 0.0802. The van der Waals surface area contributed by atoms with Crippen LogP contribution < -0.4 is 15.2 Å². The Morgan fingerprint density at radius 3 is 2.88 bits per heavy atom. The molecule has 1 unspecified atom stereocenters. The molecule has 3 N–H and O–H groups in total. The van der Waals surface area contributed by atoms with Crippen LogP contribution in [0.25, 0.3) is 0 Å². The number of hydrogen-bond acceptors (Lipinski definition) is 5. The largest absolute Gasteiger partial charge is 0.454 e. The van der Waals surface area contributed by atoms with E-state index < -0.39 is 0 Å². The van der Waals surface area contributed by atoms with Crippen molar-refractivity contribution in [1.82, 2.24) is 4.90 Å². The van der Waals surface area contributed by atoms with E-state index in [9.17, 15) is 0 Å². The number of aliphatic hydroxyl groups excluding tert-OH is 1. The molecule has 0 spiro atoms. The fraction of sp³-hybridized carbons (Fsp3) is 0.500. The second kappa shape index (κ2) is 5.35. The highest BCUT2D eigenvalue weighted by Crippen LogP contribution is 2.34. The molecule has 2 rings (SSSR count). The fourth-order valence-corrected chi connectivity index (χ4v) is 2.00. The Hall–Kier alpha value is -1.30. The Balaban J connectivity index is 2.19. The van der Waals surface area contributed by atoms with E-state index in [0.717, 1.165) is 17.1 Å². The average Bonchev–Trinajstić information content (AvgIpc) is 2.77. The maximum Gasteiger partial charge on any atom is 0.231 e. The van der Waals surface area contributed by atoms with E-state index in [0.29, 0.717) is 13.1 Å². The van der Waals surface area contributed by atoms with Crippen LogP contribution in [0.3, 0.4) is 0 Å². The molecule has 1 aromatic rings. The van der Waals surface area contributed by atoms with Crippen molar-refractivity contribution in [1.29, 1.82) is 0 Å². The summed E-state index contributed by atoms with van der Waals surface area (Å²) in [5.74, 6) is 1.53. The van der Waals surface area contributed by atoms with Gasteiger partial charge in [-0.2, -0.15) is 0 Å². The van der Waals surface area contributed by atoms with Crippen molar-refractivity contribution in [3.8, 4) is 11.5 Å². The number of likely N-dealkylation sites (N-methyl/N-ethyl adjacent to an activating group) is 1. The minimum Gasteiger partial charge on any atom is -0.454 e. The molecule has 0 saturated heterocycles. The third-order valence-corrected chi connectivity index (χ3v) is 2.99. The summed E-state index contributed by atoms with van der Waals surface area (Å²) in [6, 6.07) is 5.91. The van der Waals surface area contributed by atoms with Crippen molar-refractivity contribution in [3.05, 3.63) is 23.8 Å². The molecule has 0 aliphatic carbocycles. The minimum absolute atomic E-state index is 0.0802. The molecule has 1 atom stereocenters. The van der Waals surface area contributed by atoms with Gasteiger partial charge in [0.1, 0.15) is 0 Å². The molecule has 0 aromatic heterocycles. The lowest BCUT2D eigenvalue weighted by atomic mass is 10.1. The number of fused-ring (bicyclic) bond motifs is 1. The highest BCUT2D eigenvalue weighted by molar-refractivity contribution is 5.45. The van der Waals surface area contributed by atoms with Crippen LogP contribution in [-0.4, -0.2) is 43.5 Å². The van der Waals surface area contributed by atoms with Gasteiger partial charge in [-0.25, -0.2) is 0 Å². The summed E-state index contributed by atoms with van der Waals surface area (Å²) >= 11 is 0. The smallest absolute Gasteiger partial charge is 0.231 e. The lowest BCUT2D eigenvalue weighted by molar-refractivity contribution is 0.173. The predicted octanol–water partition coefficient (Wildman–Crippen LogP) is 0.339. The van der Waals surface area contributed by atoms with Crippen LogP contribution in [0.5, 0.6) is 11.5 Å². The van der Waals surface area contributed by atoms with Crippen LogP contribution in [0.4, 0.5) is 0 Å². The van der Waals surface area contributed by atoms with Crippen LogP contribution in [0, 0.1) is 0 Å². The summed E-state index contributed by atoms with van der Waals surface area (Å²) in [6.45, 7) is 1.49. The van der Waals surface area contributed by atoms with E-state index in [2.05, 4.69) is 0 Å². The van der Waals surface area contributed by atoms with Crippen molar-refractivity contribution in [2.75, 3.05) is 33.5 Å². The normalized spacial score (nSPS) is 15.3. The van der Waals surface area contributed by atoms with Gasteiger partial charge in [0, 0.05) is 19.1 Å². The molecule has 5 heteroatoms. The zero-order valence-corrected chi connectivity index (χ0v) is 9.93. The van der Waals surface area contributed by atoms with Crippen molar-refractivity contribution in [3.63, 3.8) is 0 Å². The quantitative estimate of drug-likeness (QED) is 0.774. The first-order valence-electron chi connectivity index (χ1n) is 5.67. The molecule has 1 aliphatic heterocycles. The van der Waals surface area contributed by atoms with Gasteiger partial charge >= 0.3 is 0 Å². The molecule has 0 saturated carbocycles. The topological polar surface area (TPSA) is 68.0 Å². The van der Waals surface area contributed by atoms with Gasteiger partial charge < -0.3 is 20.3 Å². The summed E-state index contributed by atoms with van der Waals surface area (Å²) in [5.41, 5.74) is 6.86. The summed E-state index contributed by atoms with van der Waals surface area (Å²) in [4.78, 5) is 2.03. The number of nitrogens with zero attached hydrogens (tertiary/aromatic N) is 1. The van der Waals surface area contributed by atoms with Crippen LogP contribution in [0.1, 0.15) is 11.6 Å². The van der Waals surface area contributed by atoms with E-state index in [1.54, 1.807) is 0 Å². The molecule has 1 heterocycles. The average molecular weight is 238 g/mol. The maximum absolute atomic E-state index is 8.96. The third-order valence-electron chi connectivity index (χ3n) is 2.99. The van der Waals surface area contributed by atoms with Gasteiger partial charge in [-0.3, -0.25) is 4.90 Å².